The first-order valence-corrected chi connectivity index (χ1v) is 13.2. The van der Waals surface area contributed by atoms with Crippen LogP contribution in [0.5, 0.6) is 0 Å². The molecule has 1 aromatic rings. The lowest BCUT2D eigenvalue weighted by Gasteiger charge is -2.34. The van der Waals surface area contributed by atoms with Gasteiger partial charge in [-0.15, -0.1) is 0 Å². The average molecular weight is 483 g/mol. The second kappa shape index (κ2) is 10.3. The third kappa shape index (κ3) is 4.96. The van der Waals surface area contributed by atoms with Crippen molar-refractivity contribution in [2.45, 2.75) is 57.2 Å². The molecular formula is C27H38N4O4. The standard InChI is InChI=1S/C27H38N4O4/c1-18-16-31(24-22(32)17-35-25(18)24)27(34)23(19-6-4-3-5-7-19)28-26(33)20-8-10-21(11-9-20)30-14-12-29(2)13-15-30/h8-11,18-19,23-25H,3-7,12-17H2,1-2H3,(H,28,33)/t18-,23+,24-,25-/m1/s1. The molecule has 3 aliphatic heterocycles. The molecule has 1 aliphatic carbocycles. The normalized spacial score (nSPS) is 28.7. The number of rotatable bonds is 5. The molecular weight excluding hydrogens is 444 g/mol. The second-order valence-electron chi connectivity index (χ2n) is 10.8. The van der Waals surface area contributed by atoms with E-state index in [1.165, 1.54) is 0 Å². The molecule has 0 aromatic heterocycles. The zero-order chi connectivity index (χ0) is 24.5. The number of likely N-dealkylation sites (N-methyl/N-ethyl adjacent to an activating group) is 1. The van der Waals surface area contributed by atoms with Gasteiger partial charge in [-0.25, -0.2) is 0 Å². The lowest BCUT2D eigenvalue weighted by molar-refractivity contribution is -0.139. The summed E-state index contributed by atoms with van der Waals surface area (Å²) in [5.41, 5.74) is 1.68. The molecule has 0 radical (unpaired) electrons. The van der Waals surface area contributed by atoms with Crippen molar-refractivity contribution in [3.05, 3.63) is 29.8 Å². The fourth-order valence-electron chi connectivity index (χ4n) is 6.26. The van der Waals surface area contributed by atoms with Crippen molar-refractivity contribution in [2.24, 2.45) is 11.8 Å². The van der Waals surface area contributed by atoms with Crippen LogP contribution < -0.4 is 10.2 Å². The monoisotopic (exact) mass is 482 g/mol. The van der Waals surface area contributed by atoms with E-state index in [-0.39, 0.29) is 42.1 Å². The molecule has 0 unspecified atom stereocenters. The van der Waals surface area contributed by atoms with Gasteiger partial charge in [0.25, 0.3) is 5.91 Å². The molecule has 3 saturated heterocycles. The number of benzene rings is 1. The summed E-state index contributed by atoms with van der Waals surface area (Å²) >= 11 is 0. The van der Waals surface area contributed by atoms with Gasteiger partial charge in [0.2, 0.25) is 5.91 Å². The van der Waals surface area contributed by atoms with Gasteiger partial charge in [-0.2, -0.15) is 0 Å². The molecule has 4 atom stereocenters. The third-order valence-corrected chi connectivity index (χ3v) is 8.40. The highest BCUT2D eigenvalue weighted by Crippen LogP contribution is 2.34. The maximum absolute atomic E-state index is 13.8. The number of nitrogens with one attached hydrogen (secondary N) is 1. The Morgan fingerprint density at radius 2 is 1.71 bits per heavy atom. The molecule has 1 aromatic carbocycles. The van der Waals surface area contributed by atoms with Crippen molar-refractivity contribution in [1.29, 1.82) is 0 Å². The van der Waals surface area contributed by atoms with E-state index in [1.807, 2.05) is 31.2 Å². The highest BCUT2D eigenvalue weighted by atomic mass is 16.5. The van der Waals surface area contributed by atoms with Gasteiger partial charge in [0, 0.05) is 49.9 Å². The molecule has 1 N–H and O–H groups in total. The van der Waals surface area contributed by atoms with E-state index < -0.39 is 12.1 Å². The molecule has 4 aliphatic rings. The Balaban J connectivity index is 1.31. The molecule has 190 valence electrons. The first kappa shape index (κ1) is 24.3. The molecule has 4 fully saturated rings. The van der Waals surface area contributed by atoms with Gasteiger partial charge in [-0.3, -0.25) is 14.4 Å². The Hall–Kier alpha value is -2.45. The lowest BCUT2D eigenvalue weighted by atomic mass is 9.83. The van der Waals surface area contributed by atoms with Gasteiger partial charge >= 0.3 is 0 Å². The molecule has 8 nitrogen and oxygen atoms in total. The van der Waals surface area contributed by atoms with Crippen molar-refractivity contribution < 1.29 is 19.1 Å². The Kier molecular flexibility index (Phi) is 7.12. The Morgan fingerprint density at radius 1 is 1.03 bits per heavy atom. The number of likely N-dealkylation sites (tertiary alicyclic amines) is 1. The number of anilines is 1. The molecule has 2 amide bonds. The van der Waals surface area contributed by atoms with Gasteiger partial charge < -0.3 is 24.8 Å². The Morgan fingerprint density at radius 3 is 2.40 bits per heavy atom. The van der Waals surface area contributed by atoms with Crippen molar-refractivity contribution in [1.82, 2.24) is 15.1 Å². The zero-order valence-corrected chi connectivity index (χ0v) is 20.9. The van der Waals surface area contributed by atoms with Crippen LogP contribution in [0.1, 0.15) is 49.4 Å². The summed E-state index contributed by atoms with van der Waals surface area (Å²) in [6.07, 6.45) is 4.90. The van der Waals surface area contributed by atoms with Crippen molar-refractivity contribution in [3.63, 3.8) is 0 Å². The number of hydrogen-bond donors (Lipinski definition) is 1. The van der Waals surface area contributed by atoms with E-state index >= 15 is 0 Å². The maximum atomic E-state index is 13.8. The second-order valence-corrected chi connectivity index (χ2v) is 10.8. The van der Waals surface area contributed by atoms with Crippen LogP contribution in [0.4, 0.5) is 5.69 Å². The number of hydrogen-bond acceptors (Lipinski definition) is 6. The summed E-state index contributed by atoms with van der Waals surface area (Å²) in [6, 6.07) is 6.59. The summed E-state index contributed by atoms with van der Waals surface area (Å²) in [4.78, 5) is 46.0. The summed E-state index contributed by atoms with van der Waals surface area (Å²) in [5.74, 6) is -0.174. The molecule has 35 heavy (non-hydrogen) atoms. The predicted octanol–water partition coefficient (Wildman–Crippen LogP) is 1.93. The molecule has 5 rings (SSSR count). The van der Waals surface area contributed by atoms with Gasteiger partial charge in [-0.05, 0) is 50.1 Å². The van der Waals surface area contributed by atoms with Crippen molar-refractivity contribution >= 4 is 23.3 Å². The van der Waals surface area contributed by atoms with Crippen LogP contribution in [0.3, 0.4) is 0 Å². The van der Waals surface area contributed by atoms with Crippen LogP contribution in [0.15, 0.2) is 24.3 Å². The Labute approximate surface area is 207 Å². The summed E-state index contributed by atoms with van der Waals surface area (Å²) in [6.45, 7) is 6.59. The fourth-order valence-corrected chi connectivity index (χ4v) is 6.26. The third-order valence-electron chi connectivity index (χ3n) is 8.40. The van der Waals surface area contributed by atoms with Crippen molar-refractivity contribution in [2.75, 3.05) is 51.3 Å². The molecule has 3 heterocycles. The maximum Gasteiger partial charge on any atom is 0.251 e. The lowest BCUT2D eigenvalue weighted by Crippen LogP contribution is -2.55. The van der Waals surface area contributed by atoms with Crippen LogP contribution in [-0.4, -0.2) is 92.0 Å². The minimum absolute atomic E-state index is 0.0269. The van der Waals surface area contributed by atoms with E-state index in [1.54, 1.807) is 4.90 Å². The number of piperazine rings is 1. The van der Waals surface area contributed by atoms with E-state index in [4.69, 9.17) is 4.74 Å². The minimum atomic E-state index is -0.612. The molecule has 0 spiro atoms. The summed E-state index contributed by atoms with van der Waals surface area (Å²) in [5, 5.41) is 3.09. The number of ether oxygens (including phenoxy) is 1. The van der Waals surface area contributed by atoms with Crippen LogP contribution in [-0.2, 0) is 14.3 Å². The largest absolute Gasteiger partial charge is 0.369 e. The van der Waals surface area contributed by atoms with Gasteiger partial charge in [0.1, 0.15) is 18.7 Å². The molecule has 1 saturated carbocycles. The predicted molar refractivity (Wildman–Crippen MR) is 133 cm³/mol. The quantitative estimate of drug-likeness (QED) is 0.691. The van der Waals surface area contributed by atoms with E-state index in [9.17, 15) is 14.4 Å². The topological polar surface area (TPSA) is 82.2 Å². The number of Topliss-reactive ketones (excluding diaryl/α,β-unsaturated/α-hetero) is 1. The summed E-state index contributed by atoms with van der Waals surface area (Å²) < 4.78 is 5.69. The van der Waals surface area contributed by atoms with Crippen LogP contribution in [0.2, 0.25) is 0 Å². The zero-order valence-electron chi connectivity index (χ0n) is 20.9. The number of carbonyl (C=O) groups is 3. The number of fused-ring (bicyclic) bond motifs is 1. The summed E-state index contributed by atoms with van der Waals surface area (Å²) in [7, 11) is 2.13. The fraction of sp³-hybridized carbons (Fsp3) is 0.667. The minimum Gasteiger partial charge on any atom is -0.369 e. The Bertz CT molecular complexity index is 937. The highest BCUT2D eigenvalue weighted by Gasteiger charge is 2.52. The molecule has 8 heteroatoms. The van der Waals surface area contributed by atoms with Gasteiger partial charge in [-0.1, -0.05) is 26.2 Å². The number of amides is 2. The van der Waals surface area contributed by atoms with Crippen LogP contribution >= 0.6 is 0 Å². The van der Waals surface area contributed by atoms with Gasteiger partial charge in [0.15, 0.2) is 5.78 Å². The van der Waals surface area contributed by atoms with E-state index in [0.29, 0.717) is 12.1 Å². The van der Waals surface area contributed by atoms with Crippen molar-refractivity contribution in [3.8, 4) is 0 Å². The first-order valence-electron chi connectivity index (χ1n) is 13.2. The number of carbonyl (C=O) groups excluding carboxylic acids is 3. The number of nitrogens with zero attached hydrogens (tertiary/aromatic N) is 3. The van der Waals surface area contributed by atoms with Gasteiger partial charge in [0.05, 0.1) is 6.10 Å². The highest BCUT2D eigenvalue weighted by molar-refractivity contribution is 5.99. The smallest absolute Gasteiger partial charge is 0.251 e. The average Bonchev–Trinajstić information content (AvgIpc) is 3.43. The van der Waals surface area contributed by atoms with Crippen LogP contribution in [0, 0.1) is 11.8 Å². The van der Waals surface area contributed by atoms with E-state index in [2.05, 4.69) is 22.2 Å². The molecule has 0 bridgehead atoms. The van der Waals surface area contributed by atoms with E-state index in [0.717, 1.165) is 64.0 Å². The number of ketones is 1. The first-order chi connectivity index (χ1) is 16.9. The SMILES string of the molecule is C[C@@H]1CN(C(=O)[C@@H](NC(=O)c2ccc(N3CCN(C)CC3)cc2)C2CCCCC2)[C@@H]2C(=O)CO[C@H]12. The van der Waals surface area contributed by atoms with Crippen LogP contribution in [0.25, 0.3) is 0 Å².